The maximum atomic E-state index is 13.0. The molecule has 0 unspecified atom stereocenters. The molecule has 1 N–H and O–H groups in total. The molecule has 1 fully saturated rings. The van der Waals surface area contributed by atoms with Gasteiger partial charge in [0.1, 0.15) is 12.4 Å². The molecule has 29 heavy (non-hydrogen) atoms. The smallest absolute Gasteiger partial charge is 0.240 e. The van der Waals surface area contributed by atoms with Gasteiger partial charge in [0.05, 0.1) is 13.3 Å². The number of piperidine rings is 1. The lowest BCUT2D eigenvalue weighted by molar-refractivity contribution is -0.121. The SMILES string of the molecule is COc1cn(CC(=O)NCc2ccc(F)cc2)c(CN2CCC(C)CC2)cc1=O. The number of hydrogen-bond donors (Lipinski definition) is 1. The van der Waals surface area contributed by atoms with Gasteiger partial charge in [0, 0.05) is 24.8 Å². The Morgan fingerprint density at radius 3 is 2.59 bits per heavy atom. The first kappa shape index (κ1) is 21.0. The Kier molecular flexibility index (Phi) is 7.04. The standard InChI is InChI=1S/C22H28FN3O3/c1-16-7-9-25(10-8-16)13-19-11-20(27)21(29-2)14-26(19)15-22(28)24-12-17-3-5-18(23)6-4-17/h3-6,11,14,16H,7-10,12-13,15H2,1-2H3,(H,24,28). The van der Waals surface area contributed by atoms with Gasteiger partial charge in [-0.05, 0) is 49.5 Å². The van der Waals surface area contributed by atoms with Crippen LogP contribution < -0.4 is 15.5 Å². The number of carbonyl (C=O) groups excluding carboxylic acids is 1. The minimum atomic E-state index is -0.308. The molecule has 0 aliphatic carbocycles. The van der Waals surface area contributed by atoms with Crippen molar-refractivity contribution >= 4 is 5.91 Å². The number of amides is 1. The number of benzene rings is 1. The largest absolute Gasteiger partial charge is 0.491 e. The summed E-state index contributed by atoms with van der Waals surface area (Å²) in [7, 11) is 1.45. The second kappa shape index (κ2) is 9.69. The van der Waals surface area contributed by atoms with Gasteiger partial charge in [-0.25, -0.2) is 4.39 Å². The summed E-state index contributed by atoms with van der Waals surface area (Å²) in [5.74, 6) is 0.444. The summed E-state index contributed by atoms with van der Waals surface area (Å²) in [5, 5.41) is 2.84. The lowest BCUT2D eigenvalue weighted by Gasteiger charge is -2.31. The third-order valence-electron chi connectivity index (χ3n) is 5.38. The molecule has 7 heteroatoms. The summed E-state index contributed by atoms with van der Waals surface area (Å²) in [6.07, 6.45) is 3.87. The van der Waals surface area contributed by atoms with Crippen LogP contribution in [0.25, 0.3) is 0 Å². The van der Waals surface area contributed by atoms with Gasteiger partial charge in [0.15, 0.2) is 5.75 Å². The molecule has 2 aromatic rings. The van der Waals surface area contributed by atoms with Crippen molar-refractivity contribution in [1.82, 2.24) is 14.8 Å². The van der Waals surface area contributed by atoms with Gasteiger partial charge >= 0.3 is 0 Å². The number of ether oxygens (including phenoxy) is 1. The number of aromatic nitrogens is 1. The molecule has 1 saturated heterocycles. The van der Waals surface area contributed by atoms with Crippen LogP contribution in [0.2, 0.25) is 0 Å². The minimum absolute atomic E-state index is 0.0808. The van der Waals surface area contributed by atoms with E-state index in [1.165, 1.54) is 19.2 Å². The van der Waals surface area contributed by atoms with E-state index in [1.54, 1.807) is 29.0 Å². The van der Waals surface area contributed by atoms with E-state index in [-0.39, 0.29) is 29.4 Å². The summed E-state index contributed by atoms with van der Waals surface area (Å²) >= 11 is 0. The Balaban J connectivity index is 1.69. The lowest BCUT2D eigenvalue weighted by Crippen LogP contribution is -2.35. The molecule has 1 aromatic heterocycles. The summed E-state index contributed by atoms with van der Waals surface area (Å²) in [6.45, 7) is 5.24. The zero-order valence-corrected chi connectivity index (χ0v) is 17.0. The Morgan fingerprint density at radius 2 is 1.93 bits per heavy atom. The van der Waals surface area contributed by atoms with E-state index >= 15 is 0 Å². The quantitative estimate of drug-likeness (QED) is 0.775. The Hall–Kier alpha value is -2.67. The number of hydrogen-bond acceptors (Lipinski definition) is 4. The number of likely N-dealkylation sites (tertiary alicyclic amines) is 1. The molecule has 0 bridgehead atoms. The molecule has 156 valence electrons. The summed E-state index contributed by atoms with van der Waals surface area (Å²) in [5.41, 5.74) is 1.43. The molecule has 3 rings (SSSR count). The van der Waals surface area contributed by atoms with Crippen molar-refractivity contribution in [3.05, 3.63) is 63.8 Å². The van der Waals surface area contributed by atoms with Gasteiger partial charge in [-0.3, -0.25) is 14.5 Å². The van der Waals surface area contributed by atoms with Crippen molar-refractivity contribution in [2.75, 3.05) is 20.2 Å². The Morgan fingerprint density at radius 1 is 1.24 bits per heavy atom. The van der Waals surface area contributed by atoms with Crippen molar-refractivity contribution in [3.63, 3.8) is 0 Å². The average molecular weight is 401 g/mol. The van der Waals surface area contributed by atoms with Crippen LogP contribution in [-0.4, -0.2) is 35.6 Å². The second-order valence-electron chi connectivity index (χ2n) is 7.69. The molecule has 1 aromatic carbocycles. The molecule has 2 heterocycles. The monoisotopic (exact) mass is 401 g/mol. The number of nitrogens with zero attached hydrogens (tertiary/aromatic N) is 2. The Bertz CT molecular complexity index is 887. The number of carbonyl (C=O) groups is 1. The third-order valence-corrected chi connectivity index (χ3v) is 5.38. The molecule has 1 aliphatic rings. The van der Waals surface area contributed by atoms with Crippen LogP contribution in [0.5, 0.6) is 5.75 Å². The van der Waals surface area contributed by atoms with Gasteiger partial charge < -0.3 is 14.6 Å². The van der Waals surface area contributed by atoms with Crippen LogP contribution in [-0.2, 0) is 24.4 Å². The van der Waals surface area contributed by atoms with E-state index < -0.39 is 0 Å². The topological polar surface area (TPSA) is 63.6 Å². The highest BCUT2D eigenvalue weighted by Crippen LogP contribution is 2.18. The van der Waals surface area contributed by atoms with Crippen LogP contribution in [0, 0.1) is 11.7 Å². The van der Waals surface area contributed by atoms with Crippen LogP contribution in [0.1, 0.15) is 31.0 Å². The predicted octanol–water partition coefficient (Wildman–Crippen LogP) is 2.54. The van der Waals surface area contributed by atoms with E-state index in [9.17, 15) is 14.0 Å². The maximum Gasteiger partial charge on any atom is 0.240 e. The molecular weight excluding hydrogens is 373 g/mol. The predicted molar refractivity (Wildman–Crippen MR) is 109 cm³/mol. The fourth-order valence-electron chi connectivity index (χ4n) is 3.49. The van der Waals surface area contributed by atoms with Crippen molar-refractivity contribution in [1.29, 1.82) is 0 Å². The lowest BCUT2D eigenvalue weighted by atomic mass is 9.99. The molecule has 6 nitrogen and oxygen atoms in total. The van der Waals surface area contributed by atoms with Gasteiger partial charge in [0.25, 0.3) is 0 Å². The number of pyridine rings is 1. The third kappa shape index (κ3) is 5.90. The van der Waals surface area contributed by atoms with E-state index in [1.807, 2.05) is 0 Å². The molecule has 0 saturated carbocycles. The summed E-state index contributed by atoms with van der Waals surface area (Å²) in [6, 6.07) is 7.57. The maximum absolute atomic E-state index is 13.0. The van der Waals surface area contributed by atoms with Gasteiger partial charge in [0.2, 0.25) is 11.3 Å². The highest BCUT2D eigenvalue weighted by Gasteiger charge is 2.18. The van der Waals surface area contributed by atoms with E-state index in [4.69, 9.17) is 4.74 Å². The van der Waals surface area contributed by atoms with Crippen molar-refractivity contribution < 1.29 is 13.9 Å². The summed E-state index contributed by atoms with van der Waals surface area (Å²) in [4.78, 5) is 27.1. The number of halogens is 1. The van der Waals surface area contributed by atoms with Gasteiger partial charge in [-0.1, -0.05) is 19.1 Å². The Labute approximate surface area is 170 Å². The molecule has 0 spiro atoms. The molecular formula is C22H28FN3O3. The number of methoxy groups -OCH3 is 1. The molecule has 0 radical (unpaired) electrons. The van der Waals surface area contributed by atoms with Crippen LogP contribution in [0.15, 0.2) is 41.3 Å². The minimum Gasteiger partial charge on any atom is -0.491 e. The van der Waals surface area contributed by atoms with Crippen LogP contribution in [0.3, 0.4) is 0 Å². The first-order chi connectivity index (χ1) is 13.9. The van der Waals surface area contributed by atoms with Crippen LogP contribution in [0.4, 0.5) is 4.39 Å². The summed E-state index contributed by atoms with van der Waals surface area (Å²) < 4.78 is 19.9. The van der Waals surface area contributed by atoms with Gasteiger partial charge in [-0.15, -0.1) is 0 Å². The van der Waals surface area contributed by atoms with Gasteiger partial charge in [-0.2, -0.15) is 0 Å². The highest BCUT2D eigenvalue weighted by molar-refractivity contribution is 5.75. The zero-order valence-electron chi connectivity index (χ0n) is 17.0. The first-order valence-electron chi connectivity index (χ1n) is 9.95. The second-order valence-corrected chi connectivity index (χ2v) is 7.69. The fourth-order valence-corrected chi connectivity index (χ4v) is 3.49. The average Bonchev–Trinajstić information content (AvgIpc) is 2.71. The van der Waals surface area contributed by atoms with Crippen molar-refractivity contribution in [2.45, 2.75) is 39.4 Å². The number of rotatable bonds is 7. The fraction of sp³-hybridized carbons (Fsp3) is 0.455. The highest BCUT2D eigenvalue weighted by atomic mass is 19.1. The molecule has 1 amide bonds. The van der Waals surface area contributed by atoms with Crippen LogP contribution >= 0.6 is 0 Å². The normalized spacial score (nSPS) is 15.3. The van der Waals surface area contributed by atoms with E-state index in [0.29, 0.717) is 13.1 Å². The van der Waals surface area contributed by atoms with E-state index in [2.05, 4.69) is 17.1 Å². The molecule has 1 aliphatic heterocycles. The van der Waals surface area contributed by atoms with E-state index in [0.717, 1.165) is 43.1 Å². The number of nitrogens with one attached hydrogen (secondary N) is 1. The van der Waals surface area contributed by atoms with Crippen molar-refractivity contribution in [2.24, 2.45) is 5.92 Å². The molecule has 0 atom stereocenters. The first-order valence-corrected chi connectivity index (χ1v) is 9.95. The zero-order chi connectivity index (χ0) is 20.8. The van der Waals surface area contributed by atoms with Crippen molar-refractivity contribution in [3.8, 4) is 5.75 Å².